The van der Waals surface area contributed by atoms with E-state index < -0.39 is 86.8 Å². The average Bonchev–Trinajstić information content (AvgIpc) is 3.30. The van der Waals surface area contributed by atoms with Gasteiger partial charge in [-0.05, 0) is 51.4 Å². The number of rotatable bonds is 38. The van der Waals surface area contributed by atoms with E-state index in [1.54, 1.807) is 6.08 Å². The van der Waals surface area contributed by atoms with Crippen LogP contribution in [0.5, 0.6) is 0 Å². The van der Waals surface area contributed by atoms with Crippen LogP contribution in [-0.2, 0) is 23.7 Å². The van der Waals surface area contributed by atoms with Crippen molar-refractivity contribution >= 4 is 5.91 Å². The second kappa shape index (κ2) is 37.9. The quantitative estimate of drug-likeness (QED) is 0.0239. The van der Waals surface area contributed by atoms with E-state index in [9.17, 15) is 45.6 Å². The minimum absolute atomic E-state index is 0.245. The number of ether oxygens (including phenoxy) is 4. The minimum Gasteiger partial charge on any atom is -0.394 e. The van der Waals surface area contributed by atoms with Crippen molar-refractivity contribution in [1.29, 1.82) is 0 Å². The van der Waals surface area contributed by atoms with Gasteiger partial charge in [-0.3, -0.25) is 4.79 Å². The lowest BCUT2D eigenvalue weighted by Gasteiger charge is -2.46. The molecule has 2 aliphatic rings. The Labute approximate surface area is 391 Å². The number of allylic oxidation sites excluding steroid dienone is 7. The molecule has 2 saturated heterocycles. The predicted molar refractivity (Wildman–Crippen MR) is 254 cm³/mol. The van der Waals surface area contributed by atoms with Crippen LogP contribution in [0.2, 0.25) is 0 Å². The third-order valence-electron chi connectivity index (χ3n) is 12.3. The molecule has 0 aromatic carbocycles. The Hall–Kier alpha value is -2.05. The molecule has 65 heavy (non-hydrogen) atoms. The van der Waals surface area contributed by atoms with Gasteiger partial charge in [0.15, 0.2) is 12.6 Å². The Morgan fingerprint density at radius 2 is 1.06 bits per heavy atom. The van der Waals surface area contributed by atoms with Crippen molar-refractivity contribution in [3.05, 3.63) is 48.6 Å². The molecule has 2 fully saturated rings. The monoisotopic (exact) mass is 926 g/mol. The first-order valence-electron chi connectivity index (χ1n) is 25.4. The Balaban J connectivity index is 1.86. The smallest absolute Gasteiger partial charge is 0.220 e. The molecule has 2 rings (SSSR count). The zero-order valence-electron chi connectivity index (χ0n) is 40.0. The normalized spacial score (nSPS) is 27.4. The highest BCUT2D eigenvalue weighted by molar-refractivity contribution is 5.76. The molecule has 12 unspecified atom stereocenters. The number of carbonyl (C=O) groups excluding carboxylic acids is 1. The molecule has 14 nitrogen and oxygen atoms in total. The molecule has 1 amide bonds. The average molecular weight is 926 g/mol. The number of hydrogen-bond acceptors (Lipinski definition) is 13. The first-order valence-corrected chi connectivity index (χ1v) is 25.4. The summed E-state index contributed by atoms with van der Waals surface area (Å²) in [6, 6.07) is -0.929. The fourth-order valence-corrected chi connectivity index (χ4v) is 8.13. The molecule has 14 heteroatoms. The van der Waals surface area contributed by atoms with Gasteiger partial charge in [0, 0.05) is 6.42 Å². The highest BCUT2D eigenvalue weighted by Gasteiger charge is 2.51. The Bertz CT molecular complexity index is 1280. The summed E-state index contributed by atoms with van der Waals surface area (Å²) in [7, 11) is 0. The van der Waals surface area contributed by atoms with E-state index in [0.717, 1.165) is 57.8 Å². The van der Waals surface area contributed by atoms with Crippen molar-refractivity contribution in [3.63, 3.8) is 0 Å². The standard InChI is InChI=1S/C51H91NO13/c1-3-5-7-9-11-13-15-17-18-19-20-21-23-24-26-28-30-32-34-40(55)39(52-43(56)35-33-31-29-27-25-22-16-14-12-10-8-6-4-2)38-62-50-48(61)46(59)49(42(37-54)64-50)65-51-47(60)45(58)44(57)41(36-53)63-51/h6,8,12,14,22,25,32,34,39-42,44-51,53-55,57-61H,3-5,7,9-11,13,15-21,23-24,26-31,33,35-38H2,1-2H3,(H,52,56)/b8-6-,14-12-,25-22-,34-32+. The molecule has 0 bridgehead atoms. The minimum atomic E-state index is -1.79. The third kappa shape index (κ3) is 25.2. The largest absolute Gasteiger partial charge is 0.394 e. The van der Waals surface area contributed by atoms with Crippen LogP contribution in [0.1, 0.15) is 174 Å². The van der Waals surface area contributed by atoms with E-state index in [4.69, 9.17) is 18.9 Å². The van der Waals surface area contributed by atoms with Crippen LogP contribution < -0.4 is 5.32 Å². The van der Waals surface area contributed by atoms with Gasteiger partial charge in [0.05, 0.1) is 32.0 Å². The summed E-state index contributed by atoms with van der Waals surface area (Å²) < 4.78 is 22.7. The molecule has 0 aliphatic carbocycles. The fraction of sp³-hybridized carbons (Fsp3) is 0.824. The van der Waals surface area contributed by atoms with Gasteiger partial charge in [-0.1, -0.05) is 165 Å². The summed E-state index contributed by atoms with van der Waals surface area (Å²) in [5.74, 6) is -0.270. The summed E-state index contributed by atoms with van der Waals surface area (Å²) in [5, 5.41) is 86.7. The first-order chi connectivity index (χ1) is 31.6. The van der Waals surface area contributed by atoms with Crippen LogP contribution in [0.3, 0.4) is 0 Å². The van der Waals surface area contributed by atoms with Crippen molar-refractivity contribution in [2.45, 2.75) is 248 Å². The van der Waals surface area contributed by atoms with Crippen LogP contribution in [0.15, 0.2) is 48.6 Å². The SMILES string of the molecule is CC/C=C\C/C=C\C/C=C\CCCCCC(=O)NC(COC1OC(CO)C(OC2OC(CO)C(O)C(O)C2O)C(O)C1O)C(O)/C=C/CCCCCCCCCCCCCCCCCC. The maximum Gasteiger partial charge on any atom is 0.220 e. The Morgan fingerprint density at radius 3 is 1.63 bits per heavy atom. The van der Waals surface area contributed by atoms with E-state index in [-0.39, 0.29) is 18.9 Å². The molecule has 0 aromatic heterocycles. The Kier molecular flexibility index (Phi) is 34.4. The number of aliphatic hydroxyl groups excluding tert-OH is 8. The van der Waals surface area contributed by atoms with Crippen molar-refractivity contribution in [2.24, 2.45) is 0 Å². The van der Waals surface area contributed by atoms with Gasteiger partial charge in [0.2, 0.25) is 5.91 Å². The van der Waals surface area contributed by atoms with Gasteiger partial charge in [-0.2, -0.15) is 0 Å². The molecule has 12 atom stereocenters. The number of carbonyl (C=O) groups is 1. The molecular formula is C51H91NO13. The first kappa shape index (κ1) is 59.1. The number of aliphatic hydroxyl groups is 8. The number of nitrogens with one attached hydrogen (secondary N) is 1. The van der Waals surface area contributed by atoms with Crippen LogP contribution in [0.4, 0.5) is 0 Å². The molecule has 0 spiro atoms. The van der Waals surface area contributed by atoms with Gasteiger partial charge in [-0.15, -0.1) is 0 Å². The lowest BCUT2D eigenvalue weighted by molar-refractivity contribution is -0.359. The lowest BCUT2D eigenvalue weighted by Crippen LogP contribution is -2.65. The number of unbranched alkanes of at least 4 members (excludes halogenated alkanes) is 19. The topological polar surface area (TPSA) is 228 Å². The summed E-state index contributed by atoms with van der Waals surface area (Å²) in [6.07, 6.45) is 27.3. The molecule has 2 heterocycles. The van der Waals surface area contributed by atoms with Gasteiger partial charge >= 0.3 is 0 Å². The van der Waals surface area contributed by atoms with Crippen LogP contribution >= 0.6 is 0 Å². The van der Waals surface area contributed by atoms with Crippen LogP contribution in [0, 0.1) is 0 Å². The molecule has 0 aromatic rings. The van der Waals surface area contributed by atoms with Crippen LogP contribution in [-0.4, -0.2) is 140 Å². The second-order valence-corrected chi connectivity index (χ2v) is 17.9. The molecule has 0 saturated carbocycles. The lowest BCUT2D eigenvalue weighted by atomic mass is 9.97. The van der Waals surface area contributed by atoms with Gasteiger partial charge < -0.3 is 65.1 Å². The Morgan fingerprint density at radius 1 is 0.569 bits per heavy atom. The number of hydrogen-bond donors (Lipinski definition) is 9. The highest BCUT2D eigenvalue weighted by Crippen LogP contribution is 2.30. The van der Waals surface area contributed by atoms with E-state index in [1.807, 2.05) is 6.08 Å². The zero-order valence-corrected chi connectivity index (χ0v) is 40.0. The second-order valence-electron chi connectivity index (χ2n) is 17.9. The maximum absolute atomic E-state index is 13.1. The molecule has 2 aliphatic heterocycles. The molecule has 9 N–H and O–H groups in total. The summed E-state index contributed by atoms with van der Waals surface area (Å²) in [5.41, 5.74) is 0. The maximum atomic E-state index is 13.1. The number of amides is 1. The van der Waals surface area contributed by atoms with Crippen LogP contribution in [0.25, 0.3) is 0 Å². The predicted octanol–water partition coefficient (Wildman–Crippen LogP) is 6.49. The van der Waals surface area contributed by atoms with E-state index in [0.29, 0.717) is 6.42 Å². The third-order valence-corrected chi connectivity index (χ3v) is 12.3. The van der Waals surface area contributed by atoms with Gasteiger partial charge in [0.25, 0.3) is 0 Å². The van der Waals surface area contributed by atoms with Gasteiger partial charge in [-0.25, -0.2) is 0 Å². The van der Waals surface area contributed by atoms with E-state index in [1.165, 1.54) is 89.9 Å². The van der Waals surface area contributed by atoms with Gasteiger partial charge in [0.1, 0.15) is 48.8 Å². The molecule has 378 valence electrons. The molecule has 0 radical (unpaired) electrons. The summed E-state index contributed by atoms with van der Waals surface area (Å²) in [4.78, 5) is 13.1. The van der Waals surface area contributed by atoms with E-state index in [2.05, 4.69) is 55.6 Å². The zero-order chi connectivity index (χ0) is 47.5. The highest BCUT2D eigenvalue weighted by atomic mass is 16.7. The van der Waals surface area contributed by atoms with E-state index >= 15 is 0 Å². The van der Waals surface area contributed by atoms with Crippen molar-refractivity contribution < 1.29 is 64.6 Å². The summed E-state index contributed by atoms with van der Waals surface area (Å²) in [6.45, 7) is 2.64. The van der Waals surface area contributed by atoms with Crippen molar-refractivity contribution in [3.8, 4) is 0 Å². The summed E-state index contributed by atoms with van der Waals surface area (Å²) >= 11 is 0. The van der Waals surface area contributed by atoms with Crippen molar-refractivity contribution in [2.75, 3.05) is 19.8 Å². The van der Waals surface area contributed by atoms with Crippen molar-refractivity contribution in [1.82, 2.24) is 5.32 Å². The fourth-order valence-electron chi connectivity index (χ4n) is 8.13. The molecular weight excluding hydrogens is 835 g/mol.